The molecule has 3 aromatic rings. The molecule has 102 valence electrons. The Morgan fingerprint density at radius 3 is 2.95 bits per heavy atom. The monoisotopic (exact) mass is 394 g/mol. The summed E-state index contributed by atoms with van der Waals surface area (Å²) in [6, 6.07) is 8.00. The molecule has 0 aliphatic heterocycles. The van der Waals surface area contributed by atoms with E-state index in [1.807, 2.05) is 48.1 Å². The van der Waals surface area contributed by atoms with E-state index in [0.29, 0.717) is 6.54 Å². The number of fused-ring (bicyclic) bond motifs is 1. The largest absolute Gasteiger partial charge is 0.380 e. The molecule has 0 spiro atoms. The zero-order valence-electron chi connectivity index (χ0n) is 10.8. The molecule has 0 aliphatic carbocycles. The molecule has 0 fully saturated rings. The summed E-state index contributed by atoms with van der Waals surface area (Å²) in [5.74, 6) is 0. The summed E-state index contributed by atoms with van der Waals surface area (Å²) in [5.41, 5.74) is 3.95. The van der Waals surface area contributed by atoms with Crippen molar-refractivity contribution in [3.63, 3.8) is 0 Å². The van der Waals surface area contributed by atoms with Gasteiger partial charge in [0.25, 0.3) is 0 Å². The van der Waals surface area contributed by atoms with Crippen LogP contribution < -0.4 is 5.32 Å². The number of benzene rings is 1. The van der Waals surface area contributed by atoms with Gasteiger partial charge in [-0.3, -0.25) is 0 Å². The van der Waals surface area contributed by atoms with E-state index in [1.54, 1.807) is 0 Å². The van der Waals surface area contributed by atoms with E-state index in [0.717, 1.165) is 31.5 Å². The van der Waals surface area contributed by atoms with Crippen LogP contribution in [-0.4, -0.2) is 14.6 Å². The van der Waals surface area contributed by atoms with Gasteiger partial charge in [-0.05, 0) is 41.1 Å². The smallest absolute Gasteiger partial charge is 0.155 e. The Bertz CT molecular complexity index is 767. The van der Waals surface area contributed by atoms with Gasteiger partial charge in [-0.15, -0.1) is 0 Å². The third kappa shape index (κ3) is 2.86. The van der Waals surface area contributed by atoms with Gasteiger partial charge in [0.1, 0.15) is 0 Å². The van der Waals surface area contributed by atoms with Crippen molar-refractivity contribution in [3.05, 3.63) is 56.9 Å². The molecule has 0 saturated heterocycles. The molecule has 2 aromatic heterocycles. The minimum Gasteiger partial charge on any atom is -0.380 e. The van der Waals surface area contributed by atoms with E-state index in [-0.39, 0.29) is 0 Å². The zero-order valence-corrected chi connectivity index (χ0v) is 13.9. The molecule has 6 heteroatoms. The Hall–Kier alpha value is -1.40. The lowest BCUT2D eigenvalue weighted by Crippen LogP contribution is -2.03. The molecule has 20 heavy (non-hydrogen) atoms. The van der Waals surface area contributed by atoms with Crippen LogP contribution in [0.4, 0.5) is 5.69 Å². The van der Waals surface area contributed by atoms with Crippen LogP contribution in [0.25, 0.3) is 5.65 Å². The summed E-state index contributed by atoms with van der Waals surface area (Å²) in [6.45, 7) is 2.65. The normalized spacial score (nSPS) is 10.9. The van der Waals surface area contributed by atoms with Crippen LogP contribution in [0, 0.1) is 6.92 Å². The predicted octanol–water partition coefficient (Wildman–Crippen LogP) is 4.17. The maximum absolute atomic E-state index is 4.39. The lowest BCUT2D eigenvalue weighted by atomic mass is 10.3. The predicted molar refractivity (Wildman–Crippen MR) is 86.9 cm³/mol. The Balaban J connectivity index is 1.80. The van der Waals surface area contributed by atoms with Crippen molar-refractivity contribution in [2.45, 2.75) is 13.5 Å². The first kappa shape index (κ1) is 13.6. The van der Waals surface area contributed by atoms with Crippen molar-refractivity contribution in [1.29, 1.82) is 0 Å². The molecule has 0 bridgehead atoms. The van der Waals surface area contributed by atoms with Crippen LogP contribution in [0.2, 0.25) is 0 Å². The van der Waals surface area contributed by atoms with E-state index >= 15 is 0 Å². The number of anilines is 1. The second-order valence-electron chi connectivity index (χ2n) is 4.53. The van der Waals surface area contributed by atoms with Crippen LogP contribution in [0.1, 0.15) is 11.3 Å². The highest BCUT2D eigenvalue weighted by Crippen LogP contribution is 2.26. The highest BCUT2D eigenvalue weighted by Gasteiger charge is 2.03. The maximum atomic E-state index is 4.39. The van der Waals surface area contributed by atoms with Crippen molar-refractivity contribution < 1.29 is 0 Å². The number of aryl methyl sites for hydroxylation is 1. The first-order valence-electron chi connectivity index (χ1n) is 6.12. The lowest BCUT2D eigenvalue weighted by Gasteiger charge is -2.09. The minimum atomic E-state index is 0.691. The van der Waals surface area contributed by atoms with Crippen LogP contribution in [0.3, 0.4) is 0 Å². The van der Waals surface area contributed by atoms with Crippen molar-refractivity contribution in [1.82, 2.24) is 14.6 Å². The molecule has 0 amide bonds. The van der Waals surface area contributed by atoms with Gasteiger partial charge in [-0.1, -0.05) is 15.9 Å². The highest BCUT2D eigenvalue weighted by atomic mass is 79.9. The van der Waals surface area contributed by atoms with Gasteiger partial charge in [-0.2, -0.15) is 5.10 Å². The molecule has 1 aromatic carbocycles. The maximum Gasteiger partial charge on any atom is 0.155 e. The van der Waals surface area contributed by atoms with E-state index in [4.69, 9.17) is 0 Å². The van der Waals surface area contributed by atoms with Crippen LogP contribution in [0.15, 0.2) is 45.6 Å². The van der Waals surface area contributed by atoms with Gasteiger partial charge in [0.15, 0.2) is 5.65 Å². The topological polar surface area (TPSA) is 42.2 Å². The first-order valence-corrected chi connectivity index (χ1v) is 7.70. The summed E-state index contributed by atoms with van der Waals surface area (Å²) in [5, 5.41) is 7.75. The van der Waals surface area contributed by atoms with Gasteiger partial charge in [0.2, 0.25) is 0 Å². The number of hydrogen-bond donors (Lipinski definition) is 1. The Kier molecular flexibility index (Phi) is 3.76. The molecule has 0 atom stereocenters. The first-order chi connectivity index (χ1) is 9.61. The summed E-state index contributed by atoms with van der Waals surface area (Å²) < 4.78 is 3.88. The zero-order chi connectivity index (χ0) is 14.1. The standard InChI is InChI=1S/C14H12Br2N4/c1-9-4-14-18-7-10(8-20(14)19-9)6-17-13-5-11(15)2-3-12(13)16/h2-5,7-8,17H,6H2,1H3. The number of halogens is 2. The summed E-state index contributed by atoms with van der Waals surface area (Å²) in [4.78, 5) is 4.39. The van der Waals surface area contributed by atoms with Crippen molar-refractivity contribution in [3.8, 4) is 0 Å². The second-order valence-corrected chi connectivity index (χ2v) is 6.30. The third-order valence-electron chi connectivity index (χ3n) is 2.90. The van der Waals surface area contributed by atoms with Gasteiger partial charge >= 0.3 is 0 Å². The Labute approximate surface area is 133 Å². The van der Waals surface area contributed by atoms with Gasteiger partial charge in [0.05, 0.1) is 5.69 Å². The number of nitrogens with zero attached hydrogens (tertiary/aromatic N) is 3. The van der Waals surface area contributed by atoms with Gasteiger partial charge in [-0.25, -0.2) is 9.50 Å². The molecule has 2 heterocycles. The van der Waals surface area contributed by atoms with Crippen molar-refractivity contribution in [2.75, 3.05) is 5.32 Å². The lowest BCUT2D eigenvalue weighted by molar-refractivity contribution is 0.895. The molecule has 3 rings (SSSR count). The SMILES string of the molecule is Cc1cc2ncc(CNc3cc(Br)ccc3Br)cn2n1. The highest BCUT2D eigenvalue weighted by molar-refractivity contribution is 9.11. The summed E-state index contributed by atoms with van der Waals surface area (Å²) >= 11 is 7.00. The van der Waals surface area contributed by atoms with Gasteiger partial charge in [0, 0.05) is 45.2 Å². The molecule has 0 aliphatic rings. The third-order valence-corrected chi connectivity index (χ3v) is 4.09. The molecule has 0 unspecified atom stereocenters. The van der Waals surface area contributed by atoms with E-state index in [9.17, 15) is 0 Å². The fourth-order valence-electron chi connectivity index (χ4n) is 1.96. The minimum absolute atomic E-state index is 0.691. The van der Waals surface area contributed by atoms with Gasteiger partial charge < -0.3 is 5.32 Å². The summed E-state index contributed by atoms with van der Waals surface area (Å²) in [6.07, 6.45) is 3.86. The number of hydrogen-bond acceptors (Lipinski definition) is 3. The van der Waals surface area contributed by atoms with Crippen molar-refractivity contribution in [2.24, 2.45) is 0 Å². The average molecular weight is 396 g/mol. The molecule has 1 N–H and O–H groups in total. The van der Waals surface area contributed by atoms with Crippen LogP contribution >= 0.6 is 31.9 Å². The van der Waals surface area contributed by atoms with E-state index < -0.39 is 0 Å². The fraction of sp³-hybridized carbons (Fsp3) is 0.143. The number of nitrogens with one attached hydrogen (secondary N) is 1. The fourth-order valence-corrected chi connectivity index (χ4v) is 2.70. The number of aromatic nitrogens is 3. The number of rotatable bonds is 3. The van der Waals surface area contributed by atoms with Crippen molar-refractivity contribution >= 4 is 43.2 Å². The quantitative estimate of drug-likeness (QED) is 0.723. The Morgan fingerprint density at radius 1 is 1.25 bits per heavy atom. The van der Waals surface area contributed by atoms with E-state index in [2.05, 4.69) is 47.3 Å². The molecule has 0 radical (unpaired) electrons. The van der Waals surface area contributed by atoms with E-state index in [1.165, 1.54) is 0 Å². The van der Waals surface area contributed by atoms with Crippen LogP contribution in [-0.2, 0) is 6.54 Å². The molecular formula is C14H12Br2N4. The van der Waals surface area contributed by atoms with Crippen LogP contribution in [0.5, 0.6) is 0 Å². The summed E-state index contributed by atoms with van der Waals surface area (Å²) in [7, 11) is 0. The molecule has 4 nitrogen and oxygen atoms in total. The second kappa shape index (κ2) is 5.54. The molecular weight excluding hydrogens is 384 g/mol. The molecule has 0 saturated carbocycles. The average Bonchev–Trinajstić information content (AvgIpc) is 2.79. The Morgan fingerprint density at radius 2 is 2.10 bits per heavy atom.